The summed E-state index contributed by atoms with van der Waals surface area (Å²) < 4.78 is 3.41. The lowest BCUT2D eigenvalue weighted by Gasteiger charge is -1.93. The fourth-order valence-electron chi connectivity index (χ4n) is 2.27. The first-order chi connectivity index (χ1) is 9.42. The molecule has 0 aliphatic heterocycles. The predicted octanol–water partition coefficient (Wildman–Crippen LogP) is 3.70. The zero-order valence-corrected chi connectivity index (χ0v) is 11.0. The molecule has 0 bridgehead atoms. The van der Waals surface area contributed by atoms with Crippen LogP contribution in [-0.2, 0) is 0 Å². The Hall–Kier alpha value is -2.26. The molecule has 0 unspecified atom stereocenters. The van der Waals surface area contributed by atoms with Gasteiger partial charge in [-0.1, -0.05) is 42.5 Å². The van der Waals surface area contributed by atoms with Crippen molar-refractivity contribution < 1.29 is 4.40 Å². The second kappa shape index (κ2) is 4.14. The minimum absolute atomic E-state index is 1.02. The van der Waals surface area contributed by atoms with Gasteiger partial charge in [0.2, 0.25) is 0 Å². The van der Waals surface area contributed by atoms with Gasteiger partial charge in [0, 0.05) is 11.6 Å². The van der Waals surface area contributed by atoms with E-state index in [9.17, 15) is 0 Å². The van der Waals surface area contributed by atoms with Crippen molar-refractivity contribution in [1.82, 2.24) is 4.98 Å². The average Bonchev–Trinajstić information content (AvgIpc) is 2.86. The van der Waals surface area contributed by atoms with Crippen LogP contribution in [0.3, 0.4) is 0 Å². The Labute approximate surface area is 114 Å². The molecule has 0 spiro atoms. The molecule has 4 aromatic rings. The summed E-state index contributed by atoms with van der Waals surface area (Å²) in [4.78, 5) is 5.79. The summed E-state index contributed by atoms with van der Waals surface area (Å²) in [5.41, 5.74) is 3.39. The van der Waals surface area contributed by atoms with Crippen LogP contribution in [0, 0.1) is 0 Å². The molecule has 4 rings (SSSR count). The molecular weight excluding hydrogens is 252 g/mol. The lowest BCUT2D eigenvalue weighted by atomic mass is 10.1. The zero-order chi connectivity index (χ0) is 12.7. The van der Waals surface area contributed by atoms with Crippen molar-refractivity contribution in [3.63, 3.8) is 0 Å². The van der Waals surface area contributed by atoms with E-state index in [4.69, 9.17) is 4.98 Å². The Bertz CT molecular complexity index is 866. The monoisotopic (exact) mass is 263 g/mol. The van der Waals surface area contributed by atoms with Crippen molar-refractivity contribution in [1.29, 1.82) is 0 Å². The molecule has 0 atom stereocenters. The van der Waals surface area contributed by atoms with Gasteiger partial charge in [-0.2, -0.15) is 4.40 Å². The van der Waals surface area contributed by atoms with Gasteiger partial charge in [0.1, 0.15) is 6.20 Å². The van der Waals surface area contributed by atoms with E-state index in [-0.39, 0.29) is 0 Å². The normalized spacial score (nSPS) is 11.2. The second-order valence-corrected chi connectivity index (χ2v) is 5.41. The van der Waals surface area contributed by atoms with E-state index in [0.29, 0.717) is 0 Å². The van der Waals surface area contributed by atoms with Gasteiger partial charge in [-0.05, 0) is 28.5 Å². The molecule has 2 heterocycles. The molecule has 0 saturated carbocycles. The lowest BCUT2D eigenvalue weighted by molar-refractivity contribution is -0.480. The number of hydrogen-bond acceptors (Lipinski definition) is 2. The van der Waals surface area contributed by atoms with Gasteiger partial charge in [0.15, 0.2) is 11.2 Å². The highest BCUT2D eigenvalue weighted by atomic mass is 32.1. The highest BCUT2D eigenvalue weighted by molar-refractivity contribution is 7.22. The Morgan fingerprint density at radius 2 is 1.63 bits per heavy atom. The molecule has 90 valence electrons. The summed E-state index contributed by atoms with van der Waals surface area (Å²) in [6.07, 6.45) is 2.10. The molecule has 0 saturated heterocycles. The topological polar surface area (TPSA) is 17.0 Å². The van der Waals surface area contributed by atoms with Gasteiger partial charge in [0.05, 0.1) is 4.70 Å². The summed E-state index contributed by atoms with van der Waals surface area (Å²) >= 11 is 1.72. The average molecular weight is 263 g/mol. The van der Waals surface area contributed by atoms with Gasteiger partial charge in [0.25, 0.3) is 0 Å². The summed E-state index contributed by atoms with van der Waals surface area (Å²) in [5.74, 6) is 0. The molecule has 0 N–H and O–H groups in total. The van der Waals surface area contributed by atoms with Crippen LogP contribution in [0.2, 0.25) is 0 Å². The number of benzene rings is 2. The molecule has 2 aromatic carbocycles. The molecule has 0 aliphatic rings. The van der Waals surface area contributed by atoms with Crippen molar-refractivity contribution in [3.8, 4) is 11.3 Å². The molecule has 19 heavy (non-hydrogen) atoms. The maximum Gasteiger partial charge on any atom is 0.388 e. The number of aromatic nitrogens is 2. The number of rotatable bonds is 1. The van der Waals surface area contributed by atoms with E-state index in [1.807, 2.05) is 18.2 Å². The molecular formula is C16H11N2S+. The Morgan fingerprint density at radius 1 is 0.842 bits per heavy atom. The van der Waals surface area contributed by atoms with E-state index in [1.54, 1.807) is 11.3 Å². The van der Waals surface area contributed by atoms with Crippen molar-refractivity contribution in [2.75, 3.05) is 0 Å². The minimum Gasteiger partial charge on any atom is -0.186 e. The van der Waals surface area contributed by atoms with Crippen molar-refractivity contribution in [3.05, 3.63) is 66.9 Å². The van der Waals surface area contributed by atoms with Crippen molar-refractivity contribution in [2.24, 2.45) is 0 Å². The Kier molecular flexibility index (Phi) is 2.32. The Morgan fingerprint density at radius 3 is 2.53 bits per heavy atom. The van der Waals surface area contributed by atoms with Crippen LogP contribution < -0.4 is 4.40 Å². The van der Waals surface area contributed by atoms with E-state index in [1.165, 1.54) is 10.2 Å². The number of thiazole rings is 1. The van der Waals surface area contributed by atoms with Gasteiger partial charge in [-0.15, -0.1) is 0 Å². The molecule has 2 nitrogen and oxygen atoms in total. The molecule has 0 radical (unpaired) electrons. The van der Waals surface area contributed by atoms with E-state index < -0.39 is 0 Å². The molecule has 0 fully saturated rings. The van der Waals surface area contributed by atoms with Gasteiger partial charge >= 0.3 is 4.96 Å². The van der Waals surface area contributed by atoms with E-state index >= 15 is 0 Å². The molecule has 0 amide bonds. The van der Waals surface area contributed by atoms with E-state index in [2.05, 4.69) is 53.1 Å². The van der Waals surface area contributed by atoms with Crippen molar-refractivity contribution >= 4 is 26.5 Å². The predicted molar refractivity (Wildman–Crippen MR) is 78.2 cm³/mol. The van der Waals surface area contributed by atoms with Crippen LogP contribution >= 0.6 is 11.3 Å². The highest BCUT2D eigenvalue weighted by Gasteiger charge is 2.15. The molecule has 2 aromatic heterocycles. The third-order valence-electron chi connectivity index (χ3n) is 3.20. The summed E-state index contributed by atoms with van der Waals surface area (Å²) in [5, 5.41) is 0. The largest absolute Gasteiger partial charge is 0.388 e. The quantitative estimate of drug-likeness (QED) is 0.478. The van der Waals surface area contributed by atoms with Gasteiger partial charge in [-0.25, -0.2) is 0 Å². The summed E-state index contributed by atoms with van der Waals surface area (Å²) in [7, 11) is 0. The number of nitrogens with zero attached hydrogens (tertiary/aromatic N) is 2. The van der Waals surface area contributed by atoms with Crippen LogP contribution in [0.1, 0.15) is 0 Å². The maximum atomic E-state index is 4.76. The molecule has 0 aliphatic carbocycles. The third kappa shape index (κ3) is 1.71. The first-order valence-electron chi connectivity index (χ1n) is 6.17. The summed E-state index contributed by atoms with van der Waals surface area (Å²) in [6, 6.07) is 20.7. The number of para-hydroxylation sites is 1. The number of fused-ring (bicyclic) bond motifs is 3. The SMILES string of the molecule is c1ccc(-c2cc[n+]3c(n2)sc2ccccc23)cc1. The van der Waals surface area contributed by atoms with Crippen molar-refractivity contribution in [2.45, 2.75) is 0 Å². The van der Waals surface area contributed by atoms with Gasteiger partial charge < -0.3 is 0 Å². The van der Waals surface area contributed by atoms with Crippen LogP contribution in [-0.4, -0.2) is 4.98 Å². The zero-order valence-electron chi connectivity index (χ0n) is 10.2. The van der Waals surface area contributed by atoms with E-state index in [0.717, 1.165) is 16.2 Å². The number of hydrogen-bond donors (Lipinski definition) is 0. The molecule has 3 heteroatoms. The van der Waals surface area contributed by atoms with Crippen LogP contribution in [0.5, 0.6) is 0 Å². The summed E-state index contributed by atoms with van der Waals surface area (Å²) in [6.45, 7) is 0. The lowest BCUT2D eigenvalue weighted by Crippen LogP contribution is -2.19. The minimum atomic E-state index is 1.02. The highest BCUT2D eigenvalue weighted by Crippen LogP contribution is 2.22. The Balaban J connectivity index is 1.99. The van der Waals surface area contributed by atoms with Crippen LogP contribution in [0.15, 0.2) is 66.9 Å². The van der Waals surface area contributed by atoms with Crippen LogP contribution in [0.4, 0.5) is 0 Å². The standard InChI is InChI=1S/C16H11N2S/c1-2-6-12(7-3-1)13-10-11-18-14-8-4-5-9-15(14)19-16(18)17-13/h1-11H/q+1. The maximum absolute atomic E-state index is 4.76. The first-order valence-corrected chi connectivity index (χ1v) is 6.99. The van der Waals surface area contributed by atoms with Gasteiger partial charge in [-0.3, -0.25) is 0 Å². The van der Waals surface area contributed by atoms with Crippen LogP contribution in [0.25, 0.3) is 26.4 Å². The first kappa shape index (κ1) is 10.6. The smallest absolute Gasteiger partial charge is 0.186 e. The third-order valence-corrected chi connectivity index (χ3v) is 4.23. The second-order valence-electron chi connectivity index (χ2n) is 4.40. The fourth-order valence-corrected chi connectivity index (χ4v) is 3.28. The fraction of sp³-hybridized carbons (Fsp3) is 0.